The lowest BCUT2D eigenvalue weighted by molar-refractivity contribution is -0.161. The van der Waals surface area contributed by atoms with E-state index in [1.165, 1.54) is 148 Å². The number of allylic oxidation sites excluding steroid dienone is 32. The summed E-state index contributed by atoms with van der Waals surface area (Å²) in [6.07, 6.45) is 125. The summed E-state index contributed by atoms with van der Waals surface area (Å²) in [6.45, 7) is 2.33. The molecule has 18 heteroatoms. The molecule has 0 aliphatic rings. The molecule has 0 aliphatic carbocycles. The SMILES string of the molecule is CC/C=C\C/C=C\C/C=C\C/C=C\C/C=C\C/C=C\CCCCCCCCCCCCCCC(=O)OCC(COP(=O)(O)OCC(O)COP(=O)(O)OCC(O)COC(=O)CCCCCCCCCCCCCCCCCCCCC/C=C\C/C=C\C/C=C\C/C=C\C/C=C\CC)OC(=O)CCCCC/C=C\C/C=C\C/C=C\C/C=C\C/C=C\CC. The largest absolute Gasteiger partial charge is 0.472 e. The van der Waals surface area contributed by atoms with Gasteiger partial charge in [-0.25, -0.2) is 9.13 Å². The standard InChI is InChI=1S/C103H172O16P2/c1-4-7-10-13-16-19-22-25-28-31-34-36-38-40-42-44-46-47-48-49-51-53-54-56-58-60-63-65-68-71-74-77-80-83-86-89-101(106)113-92-98(104)93-115-120(109,110)116-94-99(105)95-117-121(111,112)118-97-100(119-103(108)91-88-85-82-79-76-73-70-67-62-33-30-27-24-21-18-15-12-9-6-3)96-114-102(107)90-87-84-81-78-75-72-69-66-64-61-59-57-55-52-50-45-43-41-39-37-35-32-29-26-23-20-17-14-11-8-5-2/h7-12,16-21,25-30,34-37,40-43,50,52,62,67,73,76,98-100,104-105H,4-6,13-15,22-24,31-33,38-39,44-49,51,53-61,63-66,68-72,74-75,77-97H2,1-3H3,(H,109,110)(H,111,112)/b10-7-,11-8-,12-9-,19-16-,20-17-,21-18-,28-25-,29-26-,30-27-,36-34-,37-35-,42-40-,43-41-,52-50-,67-62-,76-73-. The third-order valence-electron chi connectivity index (χ3n) is 19.8. The van der Waals surface area contributed by atoms with E-state index in [4.69, 9.17) is 32.3 Å². The predicted molar refractivity (Wildman–Crippen MR) is 509 cm³/mol. The minimum absolute atomic E-state index is 0.0598. The van der Waals surface area contributed by atoms with Crippen LogP contribution in [0.25, 0.3) is 0 Å². The molecule has 0 spiro atoms. The average molecular weight is 1730 g/mol. The Morgan fingerprint density at radius 1 is 0.231 bits per heavy atom. The van der Waals surface area contributed by atoms with Gasteiger partial charge in [0.15, 0.2) is 6.10 Å². The number of hydrogen-bond donors (Lipinski definition) is 4. The lowest BCUT2D eigenvalue weighted by atomic mass is 10.0. The van der Waals surface area contributed by atoms with E-state index >= 15 is 0 Å². The molecular formula is C103H172O16P2. The first-order valence-corrected chi connectivity index (χ1v) is 50.7. The number of hydrogen-bond acceptors (Lipinski definition) is 14. The van der Waals surface area contributed by atoms with Crippen LogP contribution in [0.5, 0.6) is 0 Å². The maximum absolute atomic E-state index is 13.0. The summed E-state index contributed by atoms with van der Waals surface area (Å²) in [7, 11) is -9.83. The summed E-state index contributed by atoms with van der Waals surface area (Å²) < 4.78 is 61.5. The molecule has 0 aromatic heterocycles. The Morgan fingerprint density at radius 2 is 0.413 bits per heavy atom. The number of carbonyl (C=O) groups is 3. The third-order valence-corrected chi connectivity index (χ3v) is 21.7. The van der Waals surface area contributed by atoms with E-state index < -0.39 is 91.5 Å². The van der Waals surface area contributed by atoms with Crippen molar-refractivity contribution in [2.75, 3.05) is 39.6 Å². The summed E-state index contributed by atoms with van der Waals surface area (Å²) in [5.74, 6) is -1.61. The molecule has 5 atom stereocenters. The maximum atomic E-state index is 13.0. The number of phosphoric ester groups is 2. The van der Waals surface area contributed by atoms with Crippen LogP contribution in [0.1, 0.15) is 380 Å². The molecule has 16 nitrogen and oxygen atoms in total. The Hall–Kier alpha value is -5.61. The highest BCUT2D eigenvalue weighted by molar-refractivity contribution is 7.47. The van der Waals surface area contributed by atoms with Crippen molar-refractivity contribution in [3.8, 4) is 0 Å². The number of esters is 3. The lowest BCUT2D eigenvalue weighted by Crippen LogP contribution is -2.30. The third kappa shape index (κ3) is 94.9. The smallest absolute Gasteiger partial charge is 0.463 e. The molecule has 0 rings (SSSR count). The van der Waals surface area contributed by atoms with Gasteiger partial charge in [0.1, 0.15) is 25.4 Å². The number of phosphoric acid groups is 2. The summed E-state index contributed by atoms with van der Waals surface area (Å²) in [4.78, 5) is 59.0. The number of ether oxygens (including phenoxy) is 3. The molecular weight excluding hydrogens is 1560 g/mol. The highest BCUT2D eigenvalue weighted by atomic mass is 31.2. The zero-order valence-corrected chi connectivity index (χ0v) is 77.9. The summed E-state index contributed by atoms with van der Waals surface area (Å²) >= 11 is 0. The topological polar surface area (TPSA) is 231 Å². The van der Waals surface area contributed by atoms with Gasteiger partial charge < -0.3 is 34.2 Å². The molecule has 0 aromatic rings. The fourth-order valence-corrected chi connectivity index (χ4v) is 14.3. The first kappa shape index (κ1) is 115. The van der Waals surface area contributed by atoms with Crippen molar-refractivity contribution >= 4 is 33.6 Å². The van der Waals surface area contributed by atoms with Crippen LogP contribution >= 0.6 is 15.6 Å². The normalized spacial score (nSPS) is 14.6. The zero-order chi connectivity index (χ0) is 87.9. The molecule has 5 unspecified atom stereocenters. The molecule has 0 bridgehead atoms. The molecule has 0 saturated heterocycles. The van der Waals surface area contributed by atoms with Crippen molar-refractivity contribution < 1.29 is 75.8 Å². The Balaban J connectivity index is 4.53. The van der Waals surface area contributed by atoms with E-state index in [-0.39, 0.29) is 19.3 Å². The molecule has 0 aromatic carbocycles. The van der Waals surface area contributed by atoms with Crippen molar-refractivity contribution in [1.82, 2.24) is 0 Å². The predicted octanol–water partition coefficient (Wildman–Crippen LogP) is 29.8. The quantitative estimate of drug-likeness (QED) is 0.0146. The molecule has 0 radical (unpaired) electrons. The van der Waals surface area contributed by atoms with Gasteiger partial charge in [0, 0.05) is 19.3 Å². The van der Waals surface area contributed by atoms with Gasteiger partial charge in [-0.3, -0.25) is 32.5 Å². The molecule has 690 valence electrons. The molecule has 0 saturated carbocycles. The number of carbonyl (C=O) groups excluding carboxylic acids is 3. The maximum Gasteiger partial charge on any atom is 0.472 e. The monoisotopic (exact) mass is 1730 g/mol. The van der Waals surface area contributed by atoms with Crippen molar-refractivity contribution in [3.63, 3.8) is 0 Å². The highest BCUT2D eigenvalue weighted by Gasteiger charge is 2.29. The van der Waals surface area contributed by atoms with E-state index in [9.17, 15) is 43.5 Å². The number of rotatable bonds is 89. The summed E-state index contributed by atoms with van der Waals surface area (Å²) in [5, 5.41) is 20.7. The van der Waals surface area contributed by atoms with Crippen LogP contribution in [-0.4, -0.2) is 95.9 Å². The van der Waals surface area contributed by atoms with Gasteiger partial charge in [0.05, 0.1) is 26.4 Å². The second kappa shape index (κ2) is 93.5. The fourth-order valence-electron chi connectivity index (χ4n) is 12.7. The van der Waals surface area contributed by atoms with E-state index in [1.54, 1.807) is 0 Å². The highest BCUT2D eigenvalue weighted by Crippen LogP contribution is 2.45. The van der Waals surface area contributed by atoms with Crippen LogP contribution < -0.4 is 0 Å². The van der Waals surface area contributed by atoms with Gasteiger partial charge in [0.2, 0.25) is 0 Å². The molecule has 0 aliphatic heterocycles. The van der Waals surface area contributed by atoms with Gasteiger partial charge in [-0.1, -0.05) is 395 Å². The second-order valence-corrected chi connectivity index (χ2v) is 34.3. The van der Waals surface area contributed by atoms with E-state index in [0.29, 0.717) is 19.3 Å². The van der Waals surface area contributed by atoms with Gasteiger partial charge in [0.25, 0.3) is 0 Å². The molecule has 121 heavy (non-hydrogen) atoms. The average Bonchev–Trinajstić information content (AvgIpc) is 0.900. The van der Waals surface area contributed by atoms with Crippen molar-refractivity contribution in [1.29, 1.82) is 0 Å². The van der Waals surface area contributed by atoms with Crippen LogP contribution in [0.3, 0.4) is 0 Å². The molecule has 0 heterocycles. The summed E-state index contributed by atoms with van der Waals surface area (Å²) in [6, 6.07) is 0. The van der Waals surface area contributed by atoms with E-state index in [2.05, 4.69) is 215 Å². The van der Waals surface area contributed by atoms with Crippen molar-refractivity contribution in [3.05, 3.63) is 194 Å². The second-order valence-electron chi connectivity index (χ2n) is 31.4. The van der Waals surface area contributed by atoms with Crippen molar-refractivity contribution in [2.45, 2.75) is 399 Å². The van der Waals surface area contributed by atoms with E-state index in [0.717, 1.165) is 173 Å². The first-order chi connectivity index (χ1) is 59.2. The molecule has 0 amide bonds. The molecule has 4 N–H and O–H groups in total. The first-order valence-electron chi connectivity index (χ1n) is 47.7. The Kier molecular flexibility index (Phi) is 89.2. The Bertz CT molecular complexity index is 2980. The van der Waals surface area contributed by atoms with Crippen molar-refractivity contribution in [2.24, 2.45) is 0 Å². The Morgan fingerprint density at radius 3 is 0.661 bits per heavy atom. The lowest BCUT2D eigenvalue weighted by Gasteiger charge is -2.21. The number of unbranched alkanes of at least 4 members (excludes halogenated alkanes) is 34. The minimum atomic E-state index is -4.96. The zero-order valence-electron chi connectivity index (χ0n) is 76.1. The fraction of sp³-hybridized carbons (Fsp3) is 0.660. The number of aliphatic hydroxyl groups is 2. The summed E-state index contributed by atoms with van der Waals surface area (Å²) in [5.41, 5.74) is 0. The van der Waals surface area contributed by atoms with E-state index in [1.807, 2.05) is 0 Å². The van der Waals surface area contributed by atoms with Crippen LogP contribution in [0.15, 0.2) is 194 Å². The van der Waals surface area contributed by atoms with Crippen LogP contribution in [-0.2, 0) is 55.8 Å². The van der Waals surface area contributed by atoms with Gasteiger partial charge >= 0.3 is 33.6 Å². The number of aliphatic hydroxyl groups excluding tert-OH is 2. The van der Waals surface area contributed by atoms with Crippen LogP contribution in [0.4, 0.5) is 0 Å². The minimum Gasteiger partial charge on any atom is -0.463 e. The molecule has 0 fully saturated rings. The van der Waals surface area contributed by atoms with Gasteiger partial charge in [-0.05, 0) is 161 Å². The Labute approximate surface area is 737 Å². The van der Waals surface area contributed by atoms with Crippen LogP contribution in [0.2, 0.25) is 0 Å². The van der Waals surface area contributed by atoms with Crippen LogP contribution in [0, 0.1) is 0 Å². The van der Waals surface area contributed by atoms with Gasteiger partial charge in [-0.15, -0.1) is 0 Å². The van der Waals surface area contributed by atoms with Gasteiger partial charge in [-0.2, -0.15) is 0 Å².